The Morgan fingerprint density at radius 2 is 2.15 bits per heavy atom. The van der Waals surface area contributed by atoms with Gasteiger partial charge in [-0.25, -0.2) is 0 Å². The highest BCUT2D eigenvalue weighted by atomic mass is 16.2. The quantitative estimate of drug-likeness (QED) is 0.851. The van der Waals surface area contributed by atoms with Gasteiger partial charge in [-0.3, -0.25) is 4.90 Å². The normalized spacial score (nSPS) is 19.1. The fraction of sp³-hybridized carbons (Fsp3) is 0.556. The fourth-order valence-corrected chi connectivity index (χ4v) is 2.79. The van der Waals surface area contributed by atoms with Crippen LogP contribution < -0.4 is 0 Å². The molecule has 0 amide bonds. The van der Waals surface area contributed by atoms with Crippen molar-refractivity contribution in [2.75, 3.05) is 19.7 Å². The molecule has 1 heterocycles. The summed E-state index contributed by atoms with van der Waals surface area (Å²) in [5.41, 5.74) is 2.41. The van der Waals surface area contributed by atoms with E-state index in [1.807, 2.05) is 6.07 Å². The van der Waals surface area contributed by atoms with Crippen LogP contribution >= 0.6 is 0 Å². The number of aliphatic hydroxyl groups is 1. The van der Waals surface area contributed by atoms with Crippen LogP contribution in [0.5, 0.6) is 0 Å². The van der Waals surface area contributed by atoms with Crippen LogP contribution in [0.4, 0.5) is 0 Å². The number of rotatable bonds is 4. The molecule has 1 aliphatic heterocycles. The summed E-state index contributed by atoms with van der Waals surface area (Å²) in [5.74, 6) is 7.82. The summed E-state index contributed by atoms with van der Waals surface area (Å²) in [5, 5.41) is 8.81. The van der Waals surface area contributed by atoms with E-state index in [0.29, 0.717) is 6.42 Å². The lowest BCUT2D eigenvalue weighted by molar-refractivity contribution is 0.296. The number of hydrogen-bond donors (Lipinski definition) is 1. The smallest absolute Gasteiger partial charge is 0.0540 e. The van der Waals surface area contributed by atoms with Crippen molar-refractivity contribution in [1.82, 2.24) is 4.90 Å². The van der Waals surface area contributed by atoms with Crippen LogP contribution in [0.15, 0.2) is 24.3 Å². The Morgan fingerprint density at radius 3 is 2.85 bits per heavy atom. The molecule has 1 fully saturated rings. The Bertz CT molecular complexity index is 484. The zero-order chi connectivity index (χ0) is 14.4. The Labute approximate surface area is 122 Å². The summed E-state index contributed by atoms with van der Waals surface area (Å²) in [6, 6.07) is 8.37. The van der Waals surface area contributed by atoms with Crippen molar-refractivity contribution in [2.24, 2.45) is 11.8 Å². The average Bonchev–Trinajstić information content (AvgIpc) is 2.90. The van der Waals surface area contributed by atoms with E-state index in [4.69, 9.17) is 5.11 Å². The maximum absolute atomic E-state index is 8.81. The molecular weight excluding hydrogens is 246 g/mol. The minimum Gasteiger partial charge on any atom is -0.395 e. The van der Waals surface area contributed by atoms with Gasteiger partial charge in [0.05, 0.1) is 6.61 Å². The van der Waals surface area contributed by atoms with Crippen molar-refractivity contribution in [3.63, 3.8) is 0 Å². The highest BCUT2D eigenvalue weighted by Gasteiger charge is 2.24. The predicted octanol–water partition coefficient (Wildman–Crippen LogP) is 2.90. The molecule has 2 rings (SSSR count). The lowest BCUT2D eigenvalue weighted by atomic mass is 9.95. The highest BCUT2D eigenvalue weighted by molar-refractivity contribution is 5.41. The number of aliphatic hydroxyl groups excluding tert-OH is 1. The van der Waals surface area contributed by atoms with Crippen molar-refractivity contribution < 1.29 is 5.11 Å². The second-order valence-electron chi connectivity index (χ2n) is 5.96. The van der Waals surface area contributed by atoms with E-state index in [1.54, 1.807) is 0 Å². The third-order valence-corrected chi connectivity index (χ3v) is 4.12. The molecule has 1 aromatic rings. The van der Waals surface area contributed by atoms with Gasteiger partial charge in [0.1, 0.15) is 0 Å². The van der Waals surface area contributed by atoms with E-state index in [-0.39, 0.29) is 6.61 Å². The molecule has 2 heteroatoms. The first-order chi connectivity index (χ1) is 9.70. The van der Waals surface area contributed by atoms with Crippen LogP contribution in [0.1, 0.15) is 37.8 Å². The van der Waals surface area contributed by atoms with E-state index in [9.17, 15) is 0 Å². The molecular formula is C18H25NO. The second-order valence-corrected chi connectivity index (χ2v) is 5.96. The van der Waals surface area contributed by atoms with Crippen LogP contribution in [0.2, 0.25) is 0 Å². The molecule has 0 spiro atoms. The first-order valence-electron chi connectivity index (χ1n) is 7.60. The second kappa shape index (κ2) is 7.47. The molecule has 108 valence electrons. The number of likely N-dealkylation sites (tertiary alicyclic amines) is 1. The lowest BCUT2D eigenvalue weighted by Crippen LogP contribution is -2.22. The molecule has 0 bridgehead atoms. The molecule has 1 saturated heterocycles. The zero-order valence-electron chi connectivity index (χ0n) is 12.6. The summed E-state index contributed by atoms with van der Waals surface area (Å²) < 4.78 is 0. The van der Waals surface area contributed by atoms with Crippen molar-refractivity contribution in [2.45, 2.75) is 33.2 Å². The third-order valence-electron chi connectivity index (χ3n) is 4.12. The van der Waals surface area contributed by atoms with Gasteiger partial charge in [-0.15, -0.1) is 0 Å². The molecule has 0 aliphatic carbocycles. The predicted molar refractivity (Wildman–Crippen MR) is 83.2 cm³/mol. The maximum Gasteiger partial charge on any atom is 0.0540 e. The molecule has 0 aromatic heterocycles. The van der Waals surface area contributed by atoms with Gasteiger partial charge in [0.15, 0.2) is 0 Å². The van der Waals surface area contributed by atoms with Crippen LogP contribution in [0.25, 0.3) is 0 Å². The van der Waals surface area contributed by atoms with Crippen molar-refractivity contribution in [1.29, 1.82) is 0 Å². The molecule has 0 saturated carbocycles. The summed E-state index contributed by atoms with van der Waals surface area (Å²) in [6.45, 7) is 8.17. The minimum atomic E-state index is 0.136. The first-order valence-corrected chi connectivity index (χ1v) is 7.60. The lowest BCUT2D eigenvalue weighted by Gasteiger charge is -2.18. The monoisotopic (exact) mass is 271 g/mol. The number of nitrogens with zero attached hydrogens (tertiary/aromatic N) is 1. The molecule has 20 heavy (non-hydrogen) atoms. The zero-order valence-corrected chi connectivity index (χ0v) is 12.6. The van der Waals surface area contributed by atoms with E-state index < -0.39 is 0 Å². The van der Waals surface area contributed by atoms with Crippen LogP contribution in [-0.2, 0) is 6.54 Å². The molecule has 1 atom stereocenters. The van der Waals surface area contributed by atoms with Crippen molar-refractivity contribution in [3.8, 4) is 11.8 Å². The van der Waals surface area contributed by atoms with Crippen molar-refractivity contribution >= 4 is 0 Å². The minimum absolute atomic E-state index is 0.136. The fourth-order valence-electron chi connectivity index (χ4n) is 2.79. The average molecular weight is 271 g/mol. The topological polar surface area (TPSA) is 23.5 Å². The third kappa shape index (κ3) is 4.10. The number of benzene rings is 1. The van der Waals surface area contributed by atoms with Gasteiger partial charge < -0.3 is 5.11 Å². The summed E-state index contributed by atoms with van der Waals surface area (Å²) in [4.78, 5) is 2.54. The molecule has 1 aromatic carbocycles. The van der Waals surface area contributed by atoms with Gasteiger partial charge in [0.25, 0.3) is 0 Å². The Balaban J connectivity index is 2.02. The van der Waals surface area contributed by atoms with Gasteiger partial charge in [-0.05, 0) is 36.4 Å². The van der Waals surface area contributed by atoms with Gasteiger partial charge in [0.2, 0.25) is 0 Å². The number of hydrogen-bond acceptors (Lipinski definition) is 2. The molecule has 2 nitrogen and oxygen atoms in total. The highest BCUT2D eigenvalue weighted by Crippen LogP contribution is 2.25. The summed E-state index contributed by atoms with van der Waals surface area (Å²) in [6.07, 6.45) is 1.86. The van der Waals surface area contributed by atoms with Crippen LogP contribution in [-0.4, -0.2) is 29.7 Å². The maximum atomic E-state index is 8.81. The molecule has 1 N–H and O–H groups in total. The van der Waals surface area contributed by atoms with E-state index in [2.05, 4.69) is 48.8 Å². The van der Waals surface area contributed by atoms with E-state index in [0.717, 1.165) is 23.9 Å². The first kappa shape index (κ1) is 15.1. The van der Waals surface area contributed by atoms with Crippen molar-refractivity contribution in [3.05, 3.63) is 35.4 Å². The summed E-state index contributed by atoms with van der Waals surface area (Å²) >= 11 is 0. The van der Waals surface area contributed by atoms with Gasteiger partial charge in [-0.2, -0.15) is 0 Å². The molecule has 1 unspecified atom stereocenters. The van der Waals surface area contributed by atoms with Crippen LogP contribution in [0.3, 0.4) is 0 Å². The van der Waals surface area contributed by atoms with E-state index >= 15 is 0 Å². The Kier molecular flexibility index (Phi) is 5.64. The van der Waals surface area contributed by atoms with Gasteiger partial charge in [0, 0.05) is 25.1 Å². The molecule has 0 radical (unpaired) electrons. The summed E-state index contributed by atoms with van der Waals surface area (Å²) in [7, 11) is 0. The van der Waals surface area contributed by atoms with E-state index in [1.165, 1.54) is 25.1 Å². The SMILES string of the molecule is CC(C)C1CCN(Cc2ccccc2C#CCCO)C1. The Morgan fingerprint density at radius 1 is 1.35 bits per heavy atom. The van der Waals surface area contributed by atoms with Crippen LogP contribution in [0, 0.1) is 23.7 Å². The standard InChI is InChI=1S/C18H25NO/c1-15(2)17-10-11-19(13-17)14-18-9-4-3-7-16(18)8-5-6-12-20/h3-4,7,9,15,17,20H,6,10-14H2,1-2H3. The largest absolute Gasteiger partial charge is 0.395 e. The van der Waals surface area contributed by atoms with Gasteiger partial charge >= 0.3 is 0 Å². The Hall–Kier alpha value is -1.30. The molecule has 1 aliphatic rings. The van der Waals surface area contributed by atoms with Gasteiger partial charge in [-0.1, -0.05) is 43.9 Å².